The van der Waals surface area contributed by atoms with Crippen LogP contribution in [0.2, 0.25) is 0 Å². The molecule has 48 heavy (non-hydrogen) atoms. The Morgan fingerprint density at radius 3 is 2.19 bits per heavy atom. The molecule has 0 saturated carbocycles. The number of carbonyl (C=O) groups is 2. The highest BCUT2D eigenvalue weighted by Crippen LogP contribution is 2.51. The van der Waals surface area contributed by atoms with Gasteiger partial charge in [-0.25, -0.2) is 0 Å². The van der Waals surface area contributed by atoms with Crippen molar-refractivity contribution in [2.45, 2.75) is 52.6 Å². The van der Waals surface area contributed by atoms with Crippen molar-refractivity contribution in [3.05, 3.63) is 130 Å². The van der Waals surface area contributed by atoms with Crippen molar-refractivity contribution in [2.24, 2.45) is 17.8 Å². The number of benzene rings is 4. The van der Waals surface area contributed by atoms with Gasteiger partial charge in [0.05, 0.1) is 30.2 Å². The Bertz CT molecular complexity index is 1870. The fourth-order valence-electron chi connectivity index (χ4n) is 7.96. The summed E-state index contributed by atoms with van der Waals surface area (Å²) in [6.45, 7) is 6.46. The van der Waals surface area contributed by atoms with Crippen LogP contribution in [0.4, 0.5) is 17.1 Å². The molecule has 0 bridgehead atoms. The maximum Gasteiger partial charge on any atom is 0.238 e. The quantitative estimate of drug-likeness (QED) is 0.109. The van der Waals surface area contributed by atoms with Crippen molar-refractivity contribution in [1.82, 2.24) is 0 Å². The summed E-state index contributed by atoms with van der Waals surface area (Å²) in [4.78, 5) is 29.4. The second-order valence-corrected chi connectivity index (χ2v) is 13.3. The number of nitrogens with one attached hydrogen (secondary N) is 1. The van der Waals surface area contributed by atoms with Gasteiger partial charge in [-0.1, -0.05) is 67.1 Å². The molecule has 0 spiro atoms. The minimum absolute atomic E-state index is 0.0873. The Labute approximate surface area is 282 Å². The van der Waals surface area contributed by atoms with Crippen LogP contribution >= 0.6 is 0 Å². The maximum atomic E-state index is 14.1. The molecule has 6 heteroatoms. The summed E-state index contributed by atoms with van der Waals surface area (Å²) in [6, 6.07) is 31.9. The lowest BCUT2D eigenvalue weighted by Crippen LogP contribution is -2.34. The number of imide groups is 1. The monoisotopic (exact) mass is 638 g/mol. The van der Waals surface area contributed by atoms with Crippen molar-refractivity contribution in [3.8, 4) is 5.75 Å². The van der Waals surface area contributed by atoms with E-state index in [1.54, 1.807) is 0 Å². The zero-order valence-corrected chi connectivity index (χ0v) is 27.8. The van der Waals surface area contributed by atoms with Crippen LogP contribution in [-0.2, 0) is 14.3 Å². The molecule has 0 aromatic heterocycles. The predicted molar refractivity (Wildman–Crippen MR) is 192 cm³/mol. The summed E-state index contributed by atoms with van der Waals surface area (Å²) in [5, 5.41) is 13.7. The van der Waals surface area contributed by atoms with Gasteiger partial charge in [-0.15, -0.1) is 0 Å². The molecule has 6 nitrogen and oxygen atoms in total. The molecule has 7 rings (SSSR count). The molecule has 2 fully saturated rings. The lowest BCUT2D eigenvalue weighted by molar-refractivity contribution is -0.122. The molecule has 0 radical (unpaired) electrons. The van der Waals surface area contributed by atoms with Crippen molar-refractivity contribution in [2.75, 3.05) is 16.8 Å². The number of rotatable bonds is 9. The van der Waals surface area contributed by atoms with Gasteiger partial charge in [0.1, 0.15) is 5.75 Å². The molecule has 244 valence electrons. The predicted octanol–water partition coefficient (Wildman–Crippen LogP) is 9.00. The number of anilines is 3. The minimum atomic E-state index is -0.401. The van der Waals surface area contributed by atoms with Gasteiger partial charge in [0.25, 0.3) is 0 Å². The Hall–Kier alpha value is -4.94. The number of fused-ring (bicyclic) bond motifs is 3. The first kappa shape index (κ1) is 31.6. The fraction of sp³-hybridized carbons (Fsp3) is 0.286. The molecule has 3 aliphatic rings. The number of para-hydroxylation sites is 1. The molecule has 1 aliphatic carbocycles. The van der Waals surface area contributed by atoms with E-state index in [0.717, 1.165) is 52.9 Å². The summed E-state index contributed by atoms with van der Waals surface area (Å²) >= 11 is 0. The number of carbonyl (C=O) groups excluding carboxylic acids is 2. The van der Waals surface area contributed by atoms with Crippen LogP contribution < -0.4 is 10.2 Å². The van der Waals surface area contributed by atoms with Gasteiger partial charge in [-0.2, -0.15) is 0 Å². The fourth-order valence-corrected chi connectivity index (χ4v) is 7.96. The smallest absolute Gasteiger partial charge is 0.238 e. The van der Waals surface area contributed by atoms with E-state index < -0.39 is 5.92 Å². The van der Waals surface area contributed by atoms with Crippen LogP contribution in [-0.4, -0.2) is 29.6 Å². The second kappa shape index (κ2) is 13.3. The second-order valence-electron chi connectivity index (χ2n) is 13.3. The highest BCUT2D eigenvalue weighted by molar-refractivity contribution is 6.22. The average Bonchev–Trinajstić information content (AvgIpc) is 3.64. The summed E-state index contributed by atoms with van der Waals surface area (Å²) < 4.78 is 6.52. The standard InChI is InChI=1S/C42H42N2O4/c1-4-29-24-35-39(42(47)44(41(35)46)34-18-16-33(17-19-34)43-32-13-9-6-10-14-32)36-25-48-37(38(29)36)20-15-31(30-11-7-5-8-12-30)23-28-21-26(2)40(45)27(3)22-28/h5-14,16-19,21-23,35-37,39,43,45H,4,15,20,24-25H2,1-3H3/b31-23-/t35-,36+,37-,39-/m1/s1. The number of aryl methyl sites for hydroxylation is 2. The number of amides is 2. The molecule has 2 N–H and O–H groups in total. The van der Waals surface area contributed by atoms with E-state index in [1.165, 1.54) is 21.6 Å². The van der Waals surface area contributed by atoms with Crippen molar-refractivity contribution < 1.29 is 19.4 Å². The maximum absolute atomic E-state index is 14.1. The van der Waals surface area contributed by atoms with Crippen LogP contribution in [0.25, 0.3) is 11.6 Å². The molecule has 0 unspecified atom stereocenters. The third kappa shape index (κ3) is 5.97. The van der Waals surface area contributed by atoms with E-state index in [-0.39, 0.29) is 29.8 Å². The van der Waals surface area contributed by atoms with Gasteiger partial charge < -0.3 is 15.2 Å². The van der Waals surface area contributed by atoms with Crippen LogP contribution in [0.5, 0.6) is 5.75 Å². The van der Waals surface area contributed by atoms with E-state index in [2.05, 4.69) is 42.6 Å². The summed E-state index contributed by atoms with van der Waals surface area (Å²) in [6.07, 6.45) is 5.13. The van der Waals surface area contributed by atoms with E-state index in [9.17, 15) is 14.7 Å². The first-order valence-corrected chi connectivity index (χ1v) is 17.0. The van der Waals surface area contributed by atoms with E-state index >= 15 is 0 Å². The molecule has 4 aromatic rings. The molecule has 2 heterocycles. The number of phenolic OH excluding ortho intramolecular Hbond substituents is 1. The Morgan fingerprint density at radius 1 is 0.875 bits per heavy atom. The Morgan fingerprint density at radius 2 is 1.52 bits per heavy atom. The van der Waals surface area contributed by atoms with Crippen LogP contribution in [0.3, 0.4) is 0 Å². The summed E-state index contributed by atoms with van der Waals surface area (Å²) in [7, 11) is 0. The number of aromatic hydroxyl groups is 1. The largest absolute Gasteiger partial charge is 0.507 e. The zero-order valence-electron chi connectivity index (χ0n) is 27.8. The number of nitrogens with zero attached hydrogens (tertiary/aromatic N) is 1. The third-order valence-electron chi connectivity index (χ3n) is 10.3. The van der Waals surface area contributed by atoms with Gasteiger partial charge in [0.2, 0.25) is 11.8 Å². The lowest BCUT2D eigenvalue weighted by atomic mass is 9.69. The van der Waals surface area contributed by atoms with E-state index in [1.807, 2.05) is 86.6 Å². The Balaban J connectivity index is 1.11. The van der Waals surface area contributed by atoms with Gasteiger partial charge >= 0.3 is 0 Å². The van der Waals surface area contributed by atoms with E-state index in [0.29, 0.717) is 24.5 Å². The lowest BCUT2D eigenvalue weighted by Gasteiger charge is -2.31. The molecular weight excluding hydrogens is 596 g/mol. The highest BCUT2D eigenvalue weighted by Gasteiger charge is 2.57. The number of hydrogen-bond donors (Lipinski definition) is 2. The molecule has 2 aliphatic heterocycles. The van der Waals surface area contributed by atoms with Crippen molar-refractivity contribution >= 4 is 40.5 Å². The summed E-state index contributed by atoms with van der Waals surface area (Å²) in [5.41, 5.74) is 10.1. The zero-order chi connectivity index (χ0) is 33.4. The molecule has 2 saturated heterocycles. The number of hydrogen-bond acceptors (Lipinski definition) is 5. The molecular formula is C42H42N2O4. The topological polar surface area (TPSA) is 78.9 Å². The number of phenols is 1. The van der Waals surface area contributed by atoms with Crippen molar-refractivity contribution in [1.29, 1.82) is 0 Å². The molecule has 2 amide bonds. The first-order valence-electron chi connectivity index (χ1n) is 17.0. The van der Waals surface area contributed by atoms with Crippen LogP contribution in [0, 0.1) is 31.6 Å². The van der Waals surface area contributed by atoms with Gasteiger partial charge in [0.15, 0.2) is 0 Å². The third-order valence-corrected chi connectivity index (χ3v) is 10.3. The molecule has 4 aromatic carbocycles. The van der Waals surface area contributed by atoms with Gasteiger partial charge in [-0.05, 0) is 121 Å². The highest BCUT2D eigenvalue weighted by atomic mass is 16.5. The SMILES string of the molecule is CCC1=C2[C@@H](CC/C(=C/c3cc(C)c(O)c(C)c3)c3ccccc3)OC[C@@H]2[C@@H]2C(=O)N(c3ccc(Nc4ccccc4)cc3)C(=O)[C@@H]2C1. The molecule has 4 atom stereocenters. The number of allylic oxidation sites excluding steroid dienone is 2. The Kier molecular flexibility index (Phi) is 8.76. The normalized spacial score (nSPS) is 22.2. The van der Waals surface area contributed by atoms with Crippen LogP contribution in [0.15, 0.2) is 108 Å². The first-order chi connectivity index (χ1) is 23.3. The van der Waals surface area contributed by atoms with Crippen LogP contribution in [0.1, 0.15) is 54.9 Å². The summed E-state index contributed by atoms with van der Waals surface area (Å²) in [5.74, 6) is -0.720. The van der Waals surface area contributed by atoms with Gasteiger partial charge in [0, 0.05) is 17.3 Å². The number of ether oxygens (including phenoxy) is 1. The minimum Gasteiger partial charge on any atom is -0.507 e. The van der Waals surface area contributed by atoms with E-state index in [4.69, 9.17) is 4.74 Å². The average molecular weight is 639 g/mol. The van der Waals surface area contributed by atoms with Crippen molar-refractivity contribution in [3.63, 3.8) is 0 Å². The van der Waals surface area contributed by atoms with Gasteiger partial charge in [-0.3, -0.25) is 14.5 Å².